The number of carbonyl (C=O) groups excluding carboxylic acids is 2. The molecule has 0 aliphatic carbocycles. The summed E-state index contributed by atoms with van der Waals surface area (Å²) in [7, 11) is 1.93. The van der Waals surface area contributed by atoms with Crippen molar-refractivity contribution in [1.29, 1.82) is 0 Å². The van der Waals surface area contributed by atoms with Crippen LogP contribution in [-0.4, -0.2) is 57.8 Å². The van der Waals surface area contributed by atoms with E-state index in [4.69, 9.17) is 5.10 Å². The lowest BCUT2D eigenvalue weighted by atomic mass is 9.95. The van der Waals surface area contributed by atoms with Crippen molar-refractivity contribution in [2.24, 2.45) is 5.92 Å². The number of para-hydroxylation sites is 1. The summed E-state index contributed by atoms with van der Waals surface area (Å²) >= 11 is 1.54. The maximum Gasteiger partial charge on any atom is 0.261 e. The maximum atomic E-state index is 14.8. The van der Waals surface area contributed by atoms with Gasteiger partial charge in [-0.05, 0) is 37.5 Å². The number of nitrogens with one attached hydrogen (secondary N) is 2. The van der Waals surface area contributed by atoms with Gasteiger partial charge >= 0.3 is 0 Å². The molecule has 2 N–H and O–H groups in total. The molecule has 1 aromatic carbocycles. The molecule has 9 heteroatoms. The number of fused-ring (bicyclic) bond motifs is 2. The fourth-order valence-electron chi connectivity index (χ4n) is 4.98. The summed E-state index contributed by atoms with van der Waals surface area (Å²) in [4.78, 5) is 32.0. The van der Waals surface area contributed by atoms with Gasteiger partial charge in [0.15, 0.2) is 0 Å². The molecular weight excluding hydrogens is 441 g/mol. The van der Waals surface area contributed by atoms with Crippen LogP contribution in [0.25, 0.3) is 32.3 Å². The zero-order valence-corrected chi connectivity index (χ0v) is 18.8. The van der Waals surface area contributed by atoms with Crippen molar-refractivity contribution in [2.45, 2.75) is 19.1 Å². The van der Waals surface area contributed by atoms with Gasteiger partial charge in [-0.3, -0.25) is 19.6 Å². The number of hydrogen-bond acceptors (Lipinski definition) is 5. The molecule has 2 aliphatic heterocycles. The quantitative estimate of drug-likeness (QED) is 0.454. The van der Waals surface area contributed by atoms with E-state index < -0.39 is 18.0 Å². The van der Waals surface area contributed by atoms with E-state index in [1.54, 1.807) is 10.9 Å². The molecule has 168 valence electrons. The van der Waals surface area contributed by atoms with Crippen LogP contribution in [0.15, 0.2) is 41.9 Å². The second-order valence-electron chi connectivity index (χ2n) is 8.77. The average Bonchev–Trinajstić information content (AvgIpc) is 3.53. The maximum absolute atomic E-state index is 14.8. The minimum atomic E-state index is -0.937. The van der Waals surface area contributed by atoms with Crippen LogP contribution in [0.1, 0.15) is 17.7 Å². The predicted molar refractivity (Wildman–Crippen MR) is 126 cm³/mol. The zero-order chi connectivity index (χ0) is 22.7. The third-order valence-electron chi connectivity index (χ3n) is 6.68. The van der Waals surface area contributed by atoms with Crippen LogP contribution in [0.4, 0.5) is 4.39 Å². The Morgan fingerprint density at radius 3 is 2.82 bits per heavy atom. The molecular formula is C24H22FN5O2S. The van der Waals surface area contributed by atoms with E-state index in [-0.39, 0.29) is 11.5 Å². The Balaban J connectivity index is 1.51. The zero-order valence-electron chi connectivity index (χ0n) is 18.0. The molecule has 7 nitrogen and oxygen atoms in total. The van der Waals surface area contributed by atoms with E-state index in [2.05, 4.69) is 10.3 Å². The molecule has 6 rings (SSSR count). The summed E-state index contributed by atoms with van der Waals surface area (Å²) < 4.78 is 16.6. The van der Waals surface area contributed by atoms with Gasteiger partial charge in [0, 0.05) is 41.5 Å². The molecule has 3 aromatic heterocycles. The van der Waals surface area contributed by atoms with Crippen molar-refractivity contribution in [2.75, 3.05) is 20.1 Å². The second-order valence-corrected chi connectivity index (χ2v) is 9.69. The molecule has 33 heavy (non-hydrogen) atoms. The van der Waals surface area contributed by atoms with E-state index >= 15 is 0 Å². The summed E-state index contributed by atoms with van der Waals surface area (Å²) in [5.41, 5.74) is 2.55. The first-order chi connectivity index (χ1) is 16.0. The van der Waals surface area contributed by atoms with Crippen molar-refractivity contribution in [3.05, 3.63) is 53.2 Å². The van der Waals surface area contributed by atoms with E-state index in [0.717, 1.165) is 34.1 Å². The number of H-pyrrole nitrogens is 1. The lowest BCUT2D eigenvalue weighted by Gasteiger charge is -2.32. The summed E-state index contributed by atoms with van der Waals surface area (Å²) in [6.45, 7) is 1.67. The summed E-state index contributed by atoms with van der Waals surface area (Å²) in [5, 5.41) is 10.9. The van der Waals surface area contributed by atoms with E-state index in [1.165, 1.54) is 11.3 Å². The SMILES string of the molecule is CN1CCC(Cn2nc(C3=C(c4c[nH]c5sccc45)C(=O)NC3=O)c3ccccc32)C(F)C1. The molecule has 2 amide bonds. The van der Waals surface area contributed by atoms with Gasteiger partial charge in [-0.15, -0.1) is 11.3 Å². The molecule has 0 spiro atoms. The highest BCUT2D eigenvalue weighted by molar-refractivity contribution is 7.16. The van der Waals surface area contributed by atoms with Crippen LogP contribution >= 0.6 is 11.3 Å². The number of thiophene rings is 1. The van der Waals surface area contributed by atoms with Crippen LogP contribution in [-0.2, 0) is 16.1 Å². The van der Waals surface area contributed by atoms with Crippen LogP contribution < -0.4 is 5.32 Å². The Hall–Kier alpha value is -3.30. The first-order valence-corrected chi connectivity index (χ1v) is 11.8. The lowest BCUT2D eigenvalue weighted by molar-refractivity contribution is -0.122. The number of benzene rings is 1. The van der Waals surface area contributed by atoms with Gasteiger partial charge in [-0.25, -0.2) is 4.39 Å². The van der Waals surface area contributed by atoms with Gasteiger partial charge in [0.2, 0.25) is 0 Å². The molecule has 2 atom stereocenters. The highest BCUT2D eigenvalue weighted by Gasteiger charge is 2.36. The highest BCUT2D eigenvalue weighted by Crippen LogP contribution is 2.38. The standard InChI is InChI=1S/C24H22FN5O2S/c1-29-8-6-13(17(25)12-29)11-30-18-5-3-2-4-15(18)21(28-30)20-19(22(31)27-23(20)32)16-10-26-24-14(16)7-9-33-24/h2-5,7,9-10,13,17,26H,6,8,11-12H2,1H3,(H,27,31,32). The van der Waals surface area contributed by atoms with Gasteiger partial charge in [0.25, 0.3) is 11.8 Å². The number of aromatic nitrogens is 3. The summed E-state index contributed by atoms with van der Waals surface area (Å²) in [6.07, 6.45) is 1.57. The molecule has 0 saturated carbocycles. The van der Waals surface area contributed by atoms with Gasteiger partial charge in [-0.2, -0.15) is 5.10 Å². The number of piperidine rings is 1. The van der Waals surface area contributed by atoms with Gasteiger partial charge < -0.3 is 9.88 Å². The number of aromatic amines is 1. The van der Waals surface area contributed by atoms with Crippen LogP contribution in [0.3, 0.4) is 0 Å². The van der Waals surface area contributed by atoms with Crippen molar-refractivity contribution in [1.82, 2.24) is 25.0 Å². The Bertz CT molecular complexity index is 1450. The number of nitrogens with zero attached hydrogens (tertiary/aromatic N) is 3. The number of amides is 2. The highest BCUT2D eigenvalue weighted by atomic mass is 32.1. The number of rotatable bonds is 4. The lowest BCUT2D eigenvalue weighted by Crippen LogP contribution is -2.41. The molecule has 0 radical (unpaired) electrons. The first kappa shape index (κ1) is 20.3. The Morgan fingerprint density at radius 1 is 1.15 bits per heavy atom. The van der Waals surface area contributed by atoms with E-state index in [0.29, 0.717) is 29.9 Å². The number of imide groups is 1. The molecule has 4 aromatic rings. The van der Waals surface area contributed by atoms with E-state index in [1.807, 2.05) is 47.7 Å². The molecule has 0 bridgehead atoms. The van der Waals surface area contributed by atoms with Crippen molar-refractivity contribution < 1.29 is 14.0 Å². The molecule has 2 aliphatic rings. The van der Waals surface area contributed by atoms with Crippen molar-refractivity contribution in [3.8, 4) is 0 Å². The van der Waals surface area contributed by atoms with Gasteiger partial charge in [0.1, 0.15) is 16.7 Å². The van der Waals surface area contributed by atoms with Crippen LogP contribution in [0.2, 0.25) is 0 Å². The minimum absolute atomic E-state index is 0.153. The number of hydrogen-bond donors (Lipinski definition) is 2. The summed E-state index contributed by atoms with van der Waals surface area (Å²) in [5.74, 6) is -1.04. The number of likely N-dealkylation sites (tertiary alicyclic amines) is 1. The molecule has 1 saturated heterocycles. The van der Waals surface area contributed by atoms with Gasteiger partial charge in [-0.1, -0.05) is 18.2 Å². The molecule has 5 heterocycles. The van der Waals surface area contributed by atoms with Crippen molar-refractivity contribution >= 4 is 55.4 Å². The van der Waals surface area contributed by atoms with Crippen LogP contribution in [0, 0.1) is 5.92 Å². The average molecular weight is 464 g/mol. The number of alkyl halides is 1. The fraction of sp³-hybridized carbons (Fsp3) is 0.292. The van der Waals surface area contributed by atoms with E-state index in [9.17, 15) is 14.0 Å². The predicted octanol–water partition coefficient (Wildman–Crippen LogP) is 3.44. The van der Waals surface area contributed by atoms with Crippen LogP contribution in [0.5, 0.6) is 0 Å². The fourth-order valence-corrected chi connectivity index (χ4v) is 5.75. The topological polar surface area (TPSA) is 83.0 Å². The largest absolute Gasteiger partial charge is 0.352 e. The minimum Gasteiger partial charge on any atom is -0.352 e. The Morgan fingerprint density at radius 2 is 1.97 bits per heavy atom. The normalized spacial score (nSPS) is 22.1. The Kier molecular flexibility index (Phi) is 4.70. The Labute approximate surface area is 192 Å². The monoisotopic (exact) mass is 463 g/mol. The van der Waals surface area contributed by atoms with Crippen molar-refractivity contribution in [3.63, 3.8) is 0 Å². The number of halogens is 1. The third-order valence-corrected chi connectivity index (χ3v) is 7.53. The number of carbonyl (C=O) groups is 2. The van der Waals surface area contributed by atoms with Gasteiger partial charge in [0.05, 0.1) is 16.7 Å². The second kappa shape index (κ2) is 7.64. The third kappa shape index (κ3) is 3.22. The smallest absolute Gasteiger partial charge is 0.261 e. The summed E-state index contributed by atoms with van der Waals surface area (Å²) in [6, 6.07) is 9.55. The molecule has 2 unspecified atom stereocenters. The molecule has 1 fully saturated rings. The first-order valence-electron chi connectivity index (χ1n) is 10.9.